The molecule has 8 saturated carbocycles. The second kappa shape index (κ2) is 12.8. The first-order chi connectivity index (χ1) is 24.4. The van der Waals surface area contributed by atoms with E-state index in [1.165, 1.54) is 23.7 Å². The average molecular weight is 699 g/mol. The molecule has 4 atom stereocenters. The van der Waals surface area contributed by atoms with Crippen molar-refractivity contribution in [2.75, 3.05) is 0 Å². The largest absolute Gasteiger partial charge is 0.477 e. The van der Waals surface area contributed by atoms with Gasteiger partial charge in [0, 0.05) is 51.0 Å². The highest BCUT2D eigenvalue weighted by Crippen LogP contribution is 2.56. The minimum Gasteiger partial charge on any atom is -0.477 e. The molecule has 272 valence electrons. The van der Waals surface area contributed by atoms with E-state index in [0.29, 0.717) is 47.0 Å². The van der Waals surface area contributed by atoms with Crippen LogP contribution in [0.3, 0.4) is 0 Å². The Kier molecular flexibility index (Phi) is 8.50. The summed E-state index contributed by atoms with van der Waals surface area (Å²) in [6, 6.07) is 8.13. The highest BCUT2D eigenvalue weighted by atomic mass is 16.4. The van der Waals surface area contributed by atoms with Crippen LogP contribution in [0.25, 0.3) is 11.6 Å². The van der Waals surface area contributed by atoms with Crippen molar-refractivity contribution >= 4 is 11.9 Å². The lowest BCUT2D eigenvalue weighted by atomic mass is 9.52. The number of amides is 1. The SMILES string of the molecule is Cn1ncc(C(=O)NC2C3CC4CC2CC(O)(C4)C3)c1-n1cccc1.Cn1ncc(C(=O)O)c1-n1cccc1.NC1C2CC3CC1CC(O)(C3)C2. The molecule has 4 unspecified atom stereocenters. The van der Waals surface area contributed by atoms with Gasteiger partial charge in [-0.15, -0.1) is 0 Å². The lowest BCUT2D eigenvalue weighted by Gasteiger charge is -2.58. The number of aliphatic hydroxyl groups is 2. The zero-order valence-electron chi connectivity index (χ0n) is 29.4. The van der Waals surface area contributed by atoms with E-state index in [-0.39, 0.29) is 23.1 Å². The molecule has 51 heavy (non-hydrogen) atoms. The van der Waals surface area contributed by atoms with Crippen molar-refractivity contribution in [1.29, 1.82) is 0 Å². The number of hydrogen-bond donors (Lipinski definition) is 5. The first-order valence-corrected chi connectivity index (χ1v) is 18.4. The monoisotopic (exact) mass is 698 g/mol. The van der Waals surface area contributed by atoms with Gasteiger partial charge in [-0.1, -0.05) is 0 Å². The number of carbonyl (C=O) groups is 2. The Labute approximate surface area is 297 Å². The van der Waals surface area contributed by atoms with E-state index < -0.39 is 11.6 Å². The van der Waals surface area contributed by atoms with E-state index in [1.54, 1.807) is 34.9 Å². The minimum absolute atomic E-state index is 0.0544. The Morgan fingerprint density at radius 2 is 1.12 bits per heavy atom. The van der Waals surface area contributed by atoms with Crippen LogP contribution in [0.2, 0.25) is 0 Å². The van der Waals surface area contributed by atoms with Crippen molar-refractivity contribution in [3.63, 3.8) is 0 Å². The lowest BCUT2D eigenvalue weighted by Crippen LogP contribution is -2.61. The van der Waals surface area contributed by atoms with Crippen LogP contribution in [0.5, 0.6) is 0 Å². The number of carbonyl (C=O) groups excluding carboxylic acids is 1. The number of aromatic nitrogens is 6. The number of carboxylic acids is 1. The number of nitrogens with zero attached hydrogens (tertiary/aromatic N) is 6. The van der Waals surface area contributed by atoms with Gasteiger partial charge in [0.2, 0.25) is 0 Å². The highest BCUT2D eigenvalue weighted by molar-refractivity contribution is 5.97. The van der Waals surface area contributed by atoms with Crippen molar-refractivity contribution in [2.45, 2.75) is 87.5 Å². The Morgan fingerprint density at radius 1 is 0.706 bits per heavy atom. The summed E-state index contributed by atoms with van der Waals surface area (Å²) in [6.45, 7) is 0. The van der Waals surface area contributed by atoms with Crippen LogP contribution >= 0.6 is 0 Å². The molecule has 4 heterocycles. The number of hydrogen-bond acceptors (Lipinski definition) is 7. The molecule has 6 N–H and O–H groups in total. The van der Waals surface area contributed by atoms with Crippen molar-refractivity contribution in [1.82, 2.24) is 34.0 Å². The van der Waals surface area contributed by atoms with Crippen LogP contribution in [0.15, 0.2) is 61.4 Å². The van der Waals surface area contributed by atoms with Gasteiger partial charge in [0.15, 0.2) is 0 Å². The van der Waals surface area contributed by atoms with Crippen LogP contribution in [0, 0.1) is 35.5 Å². The topological polar surface area (TPSA) is 178 Å². The number of aryl methyl sites for hydroxylation is 2. The van der Waals surface area contributed by atoms with Crippen LogP contribution in [-0.2, 0) is 14.1 Å². The predicted octanol–water partition coefficient (Wildman–Crippen LogP) is 3.67. The van der Waals surface area contributed by atoms with E-state index >= 15 is 0 Å². The summed E-state index contributed by atoms with van der Waals surface area (Å²) >= 11 is 0. The third-order valence-electron chi connectivity index (χ3n) is 12.8. The molecule has 0 radical (unpaired) electrons. The van der Waals surface area contributed by atoms with E-state index in [4.69, 9.17) is 10.8 Å². The normalized spacial score (nSPS) is 35.2. The van der Waals surface area contributed by atoms with Crippen LogP contribution < -0.4 is 11.1 Å². The summed E-state index contributed by atoms with van der Waals surface area (Å²) in [7, 11) is 3.56. The summed E-state index contributed by atoms with van der Waals surface area (Å²) in [6.07, 6.45) is 20.9. The van der Waals surface area contributed by atoms with E-state index in [2.05, 4.69) is 15.5 Å². The third-order valence-corrected chi connectivity index (χ3v) is 12.8. The molecule has 13 nitrogen and oxygen atoms in total. The first-order valence-electron chi connectivity index (χ1n) is 18.4. The van der Waals surface area contributed by atoms with Crippen molar-refractivity contribution in [3.05, 3.63) is 72.6 Å². The van der Waals surface area contributed by atoms with Gasteiger partial charge in [0.05, 0.1) is 23.6 Å². The van der Waals surface area contributed by atoms with Crippen molar-refractivity contribution < 1.29 is 24.9 Å². The molecule has 8 aliphatic carbocycles. The fourth-order valence-corrected chi connectivity index (χ4v) is 11.2. The molecule has 0 spiro atoms. The summed E-state index contributed by atoms with van der Waals surface area (Å²) in [5, 5.41) is 41.3. The number of carboxylic acid groups (broad SMARTS) is 1. The summed E-state index contributed by atoms with van der Waals surface area (Å²) in [4.78, 5) is 23.9. The third kappa shape index (κ3) is 6.33. The standard InChI is InChI=1S/C19H24N4O2.C10H17NO.C9H9N3O2/c1-22-18(23-4-2-3-5-23)15(11-20-22)17(24)21-16-13-6-12-7-14(16)10-19(25,8-12)9-13;11-9-7-1-6-2-8(9)5-10(12,3-6)4-7;1-11-8(12-4-2-3-5-12)7(6-10-11)9(13)14/h2-5,11-14,16,25H,6-10H2,1H3,(H,21,24);6-9,12H,1-5,11H2;2-6H,1H3,(H,13,14). The van der Waals surface area contributed by atoms with Gasteiger partial charge in [0.1, 0.15) is 22.8 Å². The molecule has 0 saturated heterocycles. The van der Waals surface area contributed by atoms with Crippen molar-refractivity contribution in [2.24, 2.45) is 55.3 Å². The molecule has 0 aromatic carbocycles. The lowest BCUT2D eigenvalue weighted by molar-refractivity contribution is -0.137. The van der Waals surface area contributed by atoms with Gasteiger partial charge < -0.3 is 35.5 Å². The Bertz CT molecular complexity index is 1850. The summed E-state index contributed by atoms with van der Waals surface area (Å²) in [5.74, 6) is 3.86. The molecule has 0 aliphatic heterocycles. The molecule has 8 bridgehead atoms. The molecule has 4 aromatic rings. The number of rotatable bonds is 5. The molecule has 1 amide bonds. The second-order valence-corrected chi connectivity index (χ2v) is 16.5. The van der Waals surface area contributed by atoms with Gasteiger partial charge in [-0.3, -0.25) is 14.2 Å². The molecular weight excluding hydrogens is 648 g/mol. The molecular formula is C38H50N8O5. The maximum atomic E-state index is 13.0. The van der Waals surface area contributed by atoms with Gasteiger partial charge in [-0.25, -0.2) is 4.79 Å². The molecule has 8 aliphatic rings. The average Bonchev–Trinajstić information content (AvgIpc) is 3.88. The maximum Gasteiger partial charge on any atom is 0.341 e. The Hall–Kier alpha value is -4.20. The Morgan fingerprint density at radius 3 is 1.57 bits per heavy atom. The van der Waals surface area contributed by atoms with Gasteiger partial charge in [0.25, 0.3) is 5.91 Å². The van der Waals surface area contributed by atoms with Gasteiger partial charge >= 0.3 is 5.97 Å². The summed E-state index contributed by atoms with van der Waals surface area (Å²) < 4.78 is 6.90. The van der Waals surface area contributed by atoms with E-state index in [0.717, 1.165) is 63.1 Å². The quantitative estimate of drug-likeness (QED) is 0.210. The smallest absolute Gasteiger partial charge is 0.341 e. The fourth-order valence-electron chi connectivity index (χ4n) is 11.2. The van der Waals surface area contributed by atoms with Crippen LogP contribution in [0.1, 0.15) is 84.9 Å². The minimum atomic E-state index is -0.971. The molecule has 12 rings (SSSR count). The van der Waals surface area contributed by atoms with Gasteiger partial charge in [-0.05, 0) is 124 Å². The van der Waals surface area contributed by atoms with Gasteiger partial charge in [-0.2, -0.15) is 10.2 Å². The van der Waals surface area contributed by atoms with Crippen LogP contribution in [-0.4, -0.2) is 79.2 Å². The zero-order chi connectivity index (χ0) is 35.7. The first kappa shape index (κ1) is 33.9. The second-order valence-electron chi connectivity index (χ2n) is 16.5. The molecule has 13 heteroatoms. The van der Waals surface area contributed by atoms with E-state index in [9.17, 15) is 19.8 Å². The molecule has 8 fully saturated rings. The summed E-state index contributed by atoms with van der Waals surface area (Å²) in [5.41, 5.74) is 6.15. The van der Waals surface area contributed by atoms with E-state index in [1.807, 2.05) is 48.3 Å². The fraction of sp³-hybridized carbons (Fsp3) is 0.579. The van der Waals surface area contributed by atoms with Crippen molar-refractivity contribution in [3.8, 4) is 11.6 Å². The number of aromatic carboxylic acids is 1. The van der Waals surface area contributed by atoms with Crippen LogP contribution in [0.4, 0.5) is 0 Å². The zero-order valence-corrected chi connectivity index (χ0v) is 29.4. The highest BCUT2D eigenvalue weighted by Gasteiger charge is 2.55. The number of nitrogens with one attached hydrogen (secondary N) is 1. The Balaban J connectivity index is 0.000000121. The predicted molar refractivity (Wildman–Crippen MR) is 188 cm³/mol. The molecule has 4 aromatic heterocycles. The maximum absolute atomic E-state index is 13.0. The number of nitrogens with two attached hydrogens (primary N) is 1.